The van der Waals surface area contributed by atoms with Gasteiger partial charge in [0, 0.05) is 22.1 Å². The van der Waals surface area contributed by atoms with Crippen molar-refractivity contribution >= 4 is 50.2 Å². The molecule has 3 N–H and O–H groups in total. The first kappa shape index (κ1) is 23.3. The first-order chi connectivity index (χ1) is 16.4. The Morgan fingerprint density at radius 3 is 2.35 bits per heavy atom. The molecule has 3 aromatic carbocycles. The van der Waals surface area contributed by atoms with Crippen molar-refractivity contribution in [3.63, 3.8) is 0 Å². The minimum absolute atomic E-state index is 0.194. The highest BCUT2D eigenvalue weighted by atomic mass is 79.9. The fraction of sp³-hybridized carbons (Fsp3) is 0.115. The number of rotatable bonds is 6. The molecule has 0 aliphatic rings. The highest BCUT2D eigenvalue weighted by molar-refractivity contribution is 9.10. The van der Waals surface area contributed by atoms with Crippen LogP contribution in [-0.4, -0.2) is 28.9 Å². The molecule has 0 aliphatic heterocycles. The van der Waals surface area contributed by atoms with Gasteiger partial charge in [0.2, 0.25) is 0 Å². The Kier molecular flexibility index (Phi) is 7.08. The lowest BCUT2D eigenvalue weighted by Gasteiger charge is -2.13. The summed E-state index contributed by atoms with van der Waals surface area (Å²) in [4.78, 5) is 38.1. The number of amides is 3. The molecule has 7 nitrogen and oxygen atoms in total. The lowest BCUT2D eigenvalue weighted by atomic mass is 10.1. The maximum absolute atomic E-state index is 13.1. The summed E-state index contributed by atoms with van der Waals surface area (Å²) in [6, 6.07) is 24.1. The number of aromatic nitrogens is 1. The lowest BCUT2D eigenvalue weighted by molar-refractivity contribution is -0.136. The minimum atomic E-state index is -0.863. The summed E-state index contributed by atoms with van der Waals surface area (Å²) in [5, 5.41) is 6.18. The first-order valence-electron chi connectivity index (χ1n) is 10.7. The van der Waals surface area contributed by atoms with Crippen LogP contribution in [-0.2, 0) is 16.0 Å². The van der Waals surface area contributed by atoms with Crippen molar-refractivity contribution in [3.8, 4) is 0 Å². The Bertz CT molecular complexity index is 1350. The molecule has 4 aromatic rings. The van der Waals surface area contributed by atoms with Gasteiger partial charge in [0.15, 0.2) is 0 Å². The van der Waals surface area contributed by atoms with Crippen molar-refractivity contribution in [1.82, 2.24) is 9.99 Å². The molecule has 0 spiro atoms. The Labute approximate surface area is 205 Å². The Hall–Kier alpha value is -3.91. The summed E-state index contributed by atoms with van der Waals surface area (Å²) in [7, 11) is 0. The average molecular weight is 519 g/mol. The summed E-state index contributed by atoms with van der Waals surface area (Å²) in [6.45, 7) is 2.28. The number of aryl methyl sites for hydroxylation is 1. The highest BCUT2D eigenvalue weighted by Crippen LogP contribution is 2.24. The fourth-order valence-electron chi connectivity index (χ4n) is 3.50. The smallest absolute Gasteiger partial charge is 0.328 e. The van der Waals surface area contributed by atoms with E-state index in [2.05, 4.69) is 32.0 Å². The van der Waals surface area contributed by atoms with E-state index in [0.717, 1.165) is 21.0 Å². The van der Waals surface area contributed by atoms with Crippen LogP contribution in [0.3, 0.4) is 0 Å². The zero-order valence-corrected chi connectivity index (χ0v) is 20.1. The molecule has 0 atom stereocenters. The monoisotopic (exact) mass is 518 g/mol. The van der Waals surface area contributed by atoms with Gasteiger partial charge in [-0.3, -0.25) is 19.8 Å². The molecular formula is C26H23BrN4O3. The van der Waals surface area contributed by atoms with Crippen LogP contribution in [0.2, 0.25) is 0 Å². The van der Waals surface area contributed by atoms with E-state index in [-0.39, 0.29) is 5.69 Å². The quantitative estimate of drug-likeness (QED) is 0.330. The van der Waals surface area contributed by atoms with Crippen LogP contribution in [0.15, 0.2) is 83.3 Å². The molecule has 0 aliphatic carbocycles. The molecule has 8 heteroatoms. The van der Waals surface area contributed by atoms with Crippen LogP contribution in [0, 0.1) is 6.92 Å². The first-order valence-corrected chi connectivity index (χ1v) is 11.5. The molecule has 34 heavy (non-hydrogen) atoms. The Morgan fingerprint density at radius 2 is 1.62 bits per heavy atom. The molecule has 4 rings (SSSR count). The molecule has 0 saturated heterocycles. The summed E-state index contributed by atoms with van der Waals surface area (Å²) < 4.78 is 2.16. The normalized spacial score (nSPS) is 10.6. The fourth-order valence-corrected chi connectivity index (χ4v) is 3.88. The molecular weight excluding hydrogens is 496 g/mol. The Morgan fingerprint density at radius 1 is 0.882 bits per heavy atom. The van der Waals surface area contributed by atoms with Gasteiger partial charge in [-0.1, -0.05) is 64.0 Å². The van der Waals surface area contributed by atoms with Crippen molar-refractivity contribution in [2.45, 2.75) is 13.3 Å². The van der Waals surface area contributed by atoms with Crippen LogP contribution >= 0.6 is 15.9 Å². The SMILES string of the molecule is Cc1ccc(NC(=O)c2cc3cc(Br)ccc3n2NC(=O)C(=O)NCCc2ccccc2)cc1. The number of hydrogen-bond acceptors (Lipinski definition) is 3. The molecule has 0 fully saturated rings. The largest absolute Gasteiger partial charge is 0.347 e. The zero-order chi connectivity index (χ0) is 24.1. The number of nitrogens with one attached hydrogen (secondary N) is 3. The Balaban J connectivity index is 1.51. The van der Waals surface area contributed by atoms with Crippen LogP contribution in [0.5, 0.6) is 0 Å². The van der Waals surface area contributed by atoms with E-state index in [9.17, 15) is 14.4 Å². The van der Waals surface area contributed by atoms with E-state index in [4.69, 9.17) is 0 Å². The topological polar surface area (TPSA) is 92.2 Å². The number of nitrogens with zero attached hydrogens (tertiary/aromatic N) is 1. The van der Waals surface area contributed by atoms with E-state index < -0.39 is 17.7 Å². The van der Waals surface area contributed by atoms with E-state index in [1.54, 1.807) is 30.3 Å². The molecule has 172 valence electrons. The number of benzene rings is 3. The lowest BCUT2D eigenvalue weighted by Crippen LogP contribution is -2.40. The summed E-state index contributed by atoms with van der Waals surface area (Å²) in [6.07, 6.45) is 0.602. The molecule has 0 saturated carbocycles. The average Bonchev–Trinajstić information content (AvgIpc) is 3.18. The number of anilines is 1. The van der Waals surface area contributed by atoms with Gasteiger partial charge < -0.3 is 10.6 Å². The number of carbonyl (C=O) groups excluding carboxylic acids is 3. The van der Waals surface area contributed by atoms with Crippen LogP contribution in [0.25, 0.3) is 10.9 Å². The second-order valence-corrected chi connectivity index (χ2v) is 8.74. The minimum Gasteiger partial charge on any atom is -0.347 e. The predicted octanol–water partition coefficient (Wildman–Crippen LogP) is 4.39. The second-order valence-electron chi connectivity index (χ2n) is 7.82. The molecule has 3 amide bonds. The van der Waals surface area contributed by atoms with Crippen molar-refractivity contribution in [2.24, 2.45) is 0 Å². The van der Waals surface area contributed by atoms with Crippen molar-refractivity contribution in [2.75, 3.05) is 17.3 Å². The number of halogens is 1. The van der Waals surface area contributed by atoms with Crippen LogP contribution < -0.4 is 16.1 Å². The van der Waals surface area contributed by atoms with E-state index in [0.29, 0.717) is 24.2 Å². The molecule has 0 unspecified atom stereocenters. The van der Waals surface area contributed by atoms with Gasteiger partial charge in [-0.05, 0) is 55.3 Å². The van der Waals surface area contributed by atoms with Gasteiger partial charge >= 0.3 is 11.8 Å². The van der Waals surface area contributed by atoms with Gasteiger partial charge in [-0.25, -0.2) is 4.68 Å². The molecule has 0 radical (unpaired) electrons. The van der Waals surface area contributed by atoms with Gasteiger partial charge in [-0.2, -0.15) is 0 Å². The molecule has 1 heterocycles. The van der Waals surface area contributed by atoms with Gasteiger partial charge in [0.1, 0.15) is 5.69 Å². The van der Waals surface area contributed by atoms with Gasteiger partial charge in [0.25, 0.3) is 5.91 Å². The third-order valence-corrected chi connectivity index (χ3v) is 5.76. The predicted molar refractivity (Wildman–Crippen MR) is 136 cm³/mol. The third-order valence-electron chi connectivity index (χ3n) is 5.27. The van der Waals surface area contributed by atoms with Gasteiger partial charge in [-0.15, -0.1) is 0 Å². The maximum atomic E-state index is 13.1. The van der Waals surface area contributed by atoms with E-state index in [1.807, 2.05) is 55.5 Å². The number of hydrogen-bond donors (Lipinski definition) is 3. The van der Waals surface area contributed by atoms with Crippen LogP contribution in [0.4, 0.5) is 5.69 Å². The van der Waals surface area contributed by atoms with Crippen molar-refractivity contribution < 1.29 is 14.4 Å². The zero-order valence-electron chi connectivity index (χ0n) is 18.5. The molecule has 0 bridgehead atoms. The number of fused-ring (bicyclic) bond motifs is 1. The summed E-state index contributed by atoms with van der Waals surface area (Å²) in [5.41, 5.74) is 6.10. The van der Waals surface area contributed by atoms with Crippen LogP contribution in [0.1, 0.15) is 21.6 Å². The standard InChI is InChI=1S/C26H23BrN4O3/c1-17-7-10-21(11-8-17)29-24(32)23-16-19-15-20(27)9-12-22(19)31(23)30-26(34)25(33)28-14-13-18-5-3-2-4-6-18/h2-12,15-16H,13-14H2,1H3,(H,28,33)(H,29,32)(H,30,34). The maximum Gasteiger partial charge on any atom is 0.328 e. The summed E-state index contributed by atoms with van der Waals surface area (Å²) in [5.74, 6) is -2.06. The second kappa shape index (κ2) is 10.4. The number of carbonyl (C=O) groups is 3. The van der Waals surface area contributed by atoms with E-state index >= 15 is 0 Å². The van der Waals surface area contributed by atoms with Crippen molar-refractivity contribution in [1.29, 1.82) is 0 Å². The molecule has 1 aromatic heterocycles. The summed E-state index contributed by atoms with van der Waals surface area (Å²) >= 11 is 3.42. The van der Waals surface area contributed by atoms with E-state index in [1.165, 1.54) is 4.68 Å². The van der Waals surface area contributed by atoms with Crippen molar-refractivity contribution in [3.05, 3.63) is 100 Å². The highest BCUT2D eigenvalue weighted by Gasteiger charge is 2.21. The van der Waals surface area contributed by atoms with Gasteiger partial charge in [0.05, 0.1) is 5.52 Å². The third kappa shape index (κ3) is 5.52.